The van der Waals surface area contributed by atoms with Crippen LogP contribution in [0.5, 0.6) is 0 Å². The van der Waals surface area contributed by atoms with E-state index in [2.05, 4.69) is 3.76 Å². The summed E-state index contributed by atoms with van der Waals surface area (Å²) in [5.41, 5.74) is 0. The molecule has 0 N–H and O–H groups in total. The first-order valence-corrected chi connectivity index (χ1v) is 6.01. The Hall–Kier alpha value is 0.670. The Labute approximate surface area is 47.6 Å². The van der Waals surface area contributed by atoms with Gasteiger partial charge >= 0.3 is 47.3 Å². The number of alkyl halides is 1. The summed E-state index contributed by atoms with van der Waals surface area (Å²) < 4.78 is 13.9. The molecular formula is C4H6FIn. The molecule has 0 aliphatic carbocycles. The summed E-state index contributed by atoms with van der Waals surface area (Å²) in [6.07, 6.45) is 1.92. The van der Waals surface area contributed by atoms with Gasteiger partial charge in [-0.15, -0.1) is 0 Å². The predicted octanol–water partition coefficient (Wildman–Crippen LogP) is 0.582. The van der Waals surface area contributed by atoms with Crippen molar-refractivity contribution in [1.82, 2.24) is 0 Å². The molecule has 1 aliphatic heterocycles. The second-order valence-corrected chi connectivity index (χ2v) is 6.03. The van der Waals surface area contributed by atoms with Crippen LogP contribution in [0.1, 0.15) is 12.8 Å². The zero-order valence-corrected chi connectivity index (χ0v) is 6.82. The summed E-state index contributed by atoms with van der Waals surface area (Å²) in [5, 5.41) is 0. The molecular weight excluding hydrogens is 182 g/mol. The maximum atomic E-state index is 12.0. The predicted molar refractivity (Wildman–Crippen MR) is 25.9 cm³/mol. The van der Waals surface area contributed by atoms with E-state index in [1.54, 1.807) is 0 Å². The van der Waals surface area contributed by atoms with Gasteiger partial charge in [0.05, 0.1) is 0 Å². The van der Waals surface area contributed by atoms with Gasteiger partial charge in [0, 0.05) is 0 Å². The van der Waals surface area contributed by atoms with Crippen molar-refractivity contribution in [2.45, 2.75) is 16.8 Å². The van der Waals surface area contributed by atoms with E-state index >= 15 is 0 Å². The molecule has 0 radical (unpaired) electrons. The summed E-state index contributed by atoms with van der Waals surface area (Å²) in [5.74, 6) is 0. The normalized spacial score (nSPS) is 30.5. The van der Waals surface area contributed by atoms with E-state index in [0.29, 0.717) is 0 Å². The molecule has 0 bridgehead atoms. The topological polar surface area (TPSA) is 0 Å². The second-order valence-electron chi connectivity index (χ2n) is 1.52. The van der Waals surface area contributed by atoms with Crippen molar-refractivity contribution in [3.63, 3.8) is 0 Å². The summed E-state index contributed by atoms with van der Waals surface area (Å²) in [7, 11) is 0. The molecule has 0 aromatic heterocycles. The molecule has 0 aromatic rings. The van der Waals surface area contributed by atoms with E-state index in [1.807, 2.05) is 0 Å². The Morgan fingerprint density at radius 3 is 2.83 bits per heavy atom. The third-order valence-electron chi connectivity index (χ3n) is 0.954. The van der Waals surface area contributed by atoms with Gasteiger partial charge in [0.25, 0.3) is 0 Å². The Morgan fingerprint density at radius 2 is 2.67 bits per heavy atom. The number of rotatable bonds is 0. The van der Waals surface area contributed by atoms with Crippen molar-refractivity contribution < 1.29 is 4.39 Å². The fourth-order valence-corrected chi connectivity index (χ4v) is 3.64. The molecule has 0 saturated heterocycles. The molecule has 0 amide bonds. The zero-order chi connectivity index (χ0) is 4.41. The minimum absolute atomic E-state index is 0.319. The second kappa shape index (κ2) is 2.10. The Kier molecular flexibility index (Phi) is 1.69. The number of halogens is 1. The Bertz CT molecular complexity index is 69.9. The molecule has 0 spiro atoms. The minimum atomic E-state index is -0.699. The first-order chi connectivity index (χ1) is 2.89. The van der Waals surface area contributed by atoms with Crippen molar-refractivity contribution in [2.75, 3.05) is 0 Å². The number of hydrogen-bond donors (Lipinski definition) is 0. The molecule has 6 heavy (non-hydrogen) atoms. The molecule has 0 saturated carbocycles. The van der Waals surface area contributed by atoms with Gasteiger partial charge in [-0.1, -0.05) is 0 Å². The van der Waals surface area contributed by atoms with Gasteiger partial charge in [0.15, 0.2) is 0 Å². The third kappa shape index (κ3) is 1.07. The van der Waals surface area contributed by atoms with E-state index < -0.39 is 22.4 Å². The number of hydrogen-bond acceptors (Lipinski definition) is 0. The first-order valence-electron chi connectivity index (χ1n) is 2.20. The van der Waals surface area contributed by atoms with Gasteiger partial charge in [-0.25, -0.2) is 0 Å². The monoisotopic (exact) mass is 188 g/mol. The van der Waals surface area contributed by atoms with Crippen LogP contribution in [0, 0.1) is 0 Å². The van der Waals surface area contributed by atoms with Crippen LogP contribution in [-0.2, 0) is 0 Å². The Morgan fingerprint density at radius 1 is 1.83 bits per heavy atom. The average Bonchev–Trinajstić information content (AvgIpc) is 1.86. The molecule has 32 valence electrons. The van der Waals surface area contributed by atoms with Crippen LogP contribution in [0.3, 0.4) is 0 Å². The molecule has 0 fully saturated rings. The molecule has 1 rings (SSSR count). The van der Waals surface area contributed by atoms with Gasteiger partial charge < -0.3 is 0 Å². The third-order valence-corrected chi connectivity index (χ3v) is 4.83. The van der Waals surface area contributed by atoms with Crippen LogP contribution < -0.4 is 0 Å². The standard InChI is InChI=1S/C4H6F.In/c1-2-3-4-5;/h1,4H,2-3H2;. The summed E-state index contributed by atoms with van der Waals surface area (Å²) in [6, 6.07) is 0. The van der Waals surface area contributed by atoms with Crippen molar-refractivity contribution >= 4 is 26.2 Å². The molecule has 0 nitrogen and oxygen atoms in total. The van der Waals surface area contributed by atoms with Crippen molar-refractivity contribution in [3.05, 3.63) is 0 Å². The first kappa shape index (κ1) is 4.82. The van der Waals surface area contributed by atoms with E-state index in [1.165, 1.54) is 0 Å². The van der Waals surface area contributed by atoms with Crippen molar-refractivity contribution in [1.29, 1.82) is 0 Å². The van der Waals surface area contributed by atoms with E-state index in [0.717, 1.165) is 12.8 Å². The maximum absolute atomic E-state index is 12.0. The average molecular weight is 188 g/mol. The van der Waals surface area contributed by atoms with Gasteiger partial charge in [-0.3, -0.25) is 0 Å². The van der Waals surface area contributed by atoms with Crippen LogP contribution in [0.2, 0.25) is 0 Å². The summed E-state index contributed by atoms with van der Waals surface area (Å²) in [4.78, 5) is 0. The molecule has 0 aromatic carbocycles. The van der Waals surface area contributed by atoms with Gasteiger partial charge in [0.2, 0.25) is 0 Å². The van der Waals surface area contributed by atoms with Crippen molar-refractivity contribution in [2.24, 2.45) is 0 Å². The zero-order valence-electron chi connectivity index (χ0n) is 3.52. The molecule has 1 unspecified atom stereocenters. The van der Waals surface area contributed by atoms with Crippen molar-refractivity contribution in [3.8, 4) is 0 Å². The van der Waals surface area contributed by atoms with Gasteiger partial charge in [0.1, 0.15) is 0 Å². The molecule has 1 heterocycles. The SMILES string of the molecule is F[CH]1CC[CH]=[In]1. The van der Waals surface area contributed by atoms with E-state index in [9.17, 15) is 4.39 Å². The van der Waals surface area contributed by atoms with Crippen LogP contribution in [0.4, 0.5) is 4.39 Å². The van der Waals surface area contributed by atoms with Crippen LogP contribution >= 0.6 is 0 Å². The van der Waals surface area contributed by atoms with Gasteiger partial charge in [-0.2, -0.15) is 0 Å². The molecule has 2 heteroatoms. The van der Waals surface area contributed by atoms with E-state index in [4.69, 9.17) is 0 Å². The van der Waals surface area contributed by atoms with Crippen LogP contribution in [0.25, 0.3) is 0 Å². The van der Waals surface area contributed by atoms with Gasteiger partial charge in [-0.05, 0) is 0 Å². The van der Waals surface area contributed by atoms with E-state index in [-0.39, 0.29) is 3.93 Å². The fourth-order valence-electron chi connectivity index (χ4n) is 0.596. The molecule has 1 aliphatic rings. The fraction of sp³-hybridized carbons (Fsp3) is 0.750. The summed E-state index contributed by atoms with van der Waals surface area (Å²) >= 11 is -0.699. The summed E-state index contributed by atoms with van der Waals surface area (Å²) in [6.45, 7) is 0. The quantitative estimate of drug-likeness (QED) is 0.521. The van der Waals surface area contributed by atoms with Crippen LogP contribution in [0.15, 0.2) is 0 Å². The van der Waals surface area contributed by atoms with Crippen LogP contribution in [-0.4, -0.2) is 30.1 Å². The molecule has 1 atom stereocenters. The Balaban J connectivity index is 2.38.